The fourth-order valence-corrected chi connectivity index (χ4v) is 8.06. The van der Waals surface area contributed by atoms with Gasteiger partial charge in [-0.2, -0.15) is 0 Å². The molecule has 40 heavy (non-hydrogen) atoms. The minimum Gasteiger partial charge on any atom is -0.309 e. The second-order valence-corrected chi connectivity index (χ2v) is 12.2. The van der Waals surface area contributed by atoms with Gasteiger partial charge in [0.2, 0.25) is 0 Å². The highest BCUT2D eigenvalue weighted by Gasteiger charge is 2.35. The number of para-hydroxylation sites is 3. The molecule has 1 aliphatic rings. The van der Waals surface area contributed by atoms with Gasteiger partial charge in [-0.05, 0) is 64.0 Å². The van der Waals surface area contributed by atoms with E-state index in [2.05, 4.69) is 143 Å². The van der Waals surface area contributed by atoms with Crippen LogP contribution in [0.1, 0.15) is 25.0 Å². The molecule has 5 aromatic carbocycles. The molecular formula is C37H26N2S. The summed E-state index contributed by atoms with van der Waals surface area (Å²) in [5.41, 5.74) is 12.9. The van der Waals surface area contributed by atoms with Gasteiger partial charge in [-0.15, -0.1) is 11.3 Å². The molecule has 0 spiro atoms. The number of hydrogen-bond acceptors (Lipinski definition) is 1. The van der Waals surface area contributed by atoms with Crippen LogP contribution >= 0.6 is 11.3 Å². The average molecular weight is 531 g/mol. The molecule has 0 atom stereocenters. The van der Waals surface area contributed by atoms with Crippen molar-refractivity contribution in [3.05, 3.63) is 131 Å². The third-order valence-electron chi connectivity index (χ3n) is 9.06. The number of rotatable bonds is 2. The van der Waals surface area contributed by atoms with Crippen molar-refractivity contribution in [2.45, 2.75) is 19.3 Å². The standard InChI is InChI=1S/C37H26N2S/c1-37(2)30-11-7-10-28-29-20-24(16-19-34(29)39(36(28)30)35-22-40-21-31(35)37)23-14-17-25(18-15-23)38-32-12-5-3-8-26(32)27-9-4-6-13-33(27)38/h3-22H,1-2H3. The van der Waals surface area contributed by atoms with E-state index in [1.807, 2.05) is 0 Å². The van der Waals surface area contributed by atoms with Crippen molar-refractivity contribution in [3.63, 3.8) is 0 Å². The molecule has 0 saturated carbocycles. The maximum atomic E-state index is 2.49. The lowest BCUT2D eigenvalue weighted by molar-refractivity contribution is 0.633. The Morgan fingerprint density at radius 3 is 1.93 bits per heavy atom. The van der Waals surface area contributed by atoms with Gasteiger partial charge in [-0.3, -0.25) is 0 Å². The van der Waals surface area contributed by atoms with Crippen molar-refractivity contribution in [1.82, 2.24) is 9.13 Å². The van der Waals surface area contributed by atoms with Gasteiger partial charge in [-0.1, -0.05) is 86.6 Å². The number of benzene rings is 5. The molecular weight excluding hydrogens is 504 g/mol. The predicted octanol–water partition coefficient (Wildman–Crippen LogP) is 10.2. The molecule has 0 unspecified atom stereocenters. The maximum Gasteiger partial charge on any atom is 0.0610 e. The van der Waals surface area contributed by atoms with Crippen LogP contribution < -0.4 is 0 Å². The molecule has 0 saturated heterocycles. The minimum absolute atomic E-state index is 0.00924. The van der Waals surface area contributed by atoms with Gasteiger partial charge in [0.05, 0.1) is 27.8 Å². The SMILES string of the molecule is CC1(C)c2cscc2-n2c3ccc(-c4ccc(-n5c6ccccc6c6ccccc65)cc4)cc3c3cccc1c32. The van der Waals surface area contributed by atoms with Gasteiger partial charge in [0.25, 0.3) is 0 Å². The summed E-state index contributed by atoms with van der Waals surface area (Å²) in [5, 5.41) is 9.87. The van der Waals surface area contributed by atoms with Crippen molar-refractivity contribution < 1.29 is 0 Å². The number of fused-ring (bicyclic) bond motifs is 8. The first kappa shape index (κ1) is 22.2. The van der Waals surface area contributed by atoms with Crippen LogP contribution in [-0.2, 0) is 5.41 Å². The van der Waals surface area contributed by atoms with Gasteiger partial charge in [-0.25, -0.2) is 0 Å². The lowest BCUT2D eigenvalue weighted by Gasteiger charge is -2.32. The van der Waals surface area contributed by atoms with Crippen LogP contribution in [0.5, 0.6) is 0 Å². The summed E-state index contributed by atoms with van der Waals surface area (Å²) < 4.78 is 4.87. The number of hydrogen-bond donors (Lipinski definition) is 0. The molecule has 3 aromatic heterocycles. The quantitative estimate of drug-likeness (QED) is 0.210. The summed E-state index contributed by atoms with van der Waals surface area (Å²) in [4.78, 5) is 0. The van der Waals surface area contributed by atoms with E-state index in [9.17, 15) is 0 Å². The Labute approximate surface area is 236 Å². The molecule has 0 radical (unpaired) electrons. The lowest BCUT2D eigenvalue weighted by Crippen LogP contribution is -2.24. The van der Waals surface area contributed by atoms with Crippen LogP contribution in [0.4, 0.5) is 0 Å². The number of nitrogens with zero attached hydrogens (tertiary/aromatic N) is 2. The van der Waals surface area contributed by atoms with Gasteiger partial charge < -0.3 is 9.13 Å². The summed E-state index contributed by atoms with van der Waals surface area (Å²) in [7, 11) is 0. The summed E-state index contributed by atoms with van der Waals surface area (Å²) in [6.07, 6.45) is 0. The van der Waals surface area contributed by atoms with Gasteiger partial charge in [0.15, 0.2) is 0 Å². The van der Waals surface area contributed by atoms with Gasteiger partial charge in [0.1, 0.15) is 0 Å². The number of thiophene rings is 1. The van der Waals surface area contributed by atoms with E-state index in [4.69, 9.17) is 0 Å². The van der Waals surface area contributed by atoms with Crippen molar-refractivity contribution in [2.24, 2.45) is 0 Å². The van der Waals surface area contributed by atoms with Crippen LogP contribution in [0, 0.1) is 0 Å². The Kier molecular flexibility index (Phi) is 4.31. The van der Waals surface area contributed by atoms with E-state index in [0.717, 1.165) is 0 Å². The molecule has 1 aliphatic heterocycles. The first-order chi connectivity index (χ1) is 19.6. The van der Waals surface area contributed by atoms with E-state index < -0.39 is 0 Å². The molecule has 0 N–H and O–H groups in total. The van der Waals surface area contributed by atoms with Crippen LogP contribution in [-0.4, -0.2) is 9.13 Å². The van der Waals surface area contributed by atoms with Crippen molar-refractivity contribution in [3.8, 4) is 22.5 Å². The van der Waals surface area contributed by atoms with E-state index in [1.165, 1.54) is 77.2 Å². The normalized spacial score (nSPS) is 13.9. The fraction of sp³-hybridized carbons (Fsp3) is 0.0811. The number of aromatic nitrogens is 2. The highest BCUT2D eigenvalue weighted by Crippen LogP contribution is 2.49. The largest absolute Gasteiger partial charge is 0.309 e. The lowest BCUT2D eigenvalue weighted by atomic mass is 9.76. The molecule has 2 nitrogen and oxygen atoms in total. The van der Waals surface area contributed by atoms with E-state index in [-0.39, 0.29) is 5.41 Å². The second kappa shape index (κ2) is 7.74. The first-order valence-corrected chi connectivity index (χ1v) is 14.8. The third kappa shape index (κ3) is 2.78. The van der Waals surface area contributed by atoms with Gasteiger partial charge >= 0.3 is 0 Å². The predicted molar refractivity (Wildman–Crippen MR) is 171 cm³/mol. The molecule has 0 amide bonds. The van der Waals surface area contributed by atoms with Crippen LogP contribution in [0.25, 0.3) is 66.1 Å². The molecule has 8 aromatic rings. The van der Waals surface area contributed by atoms with E-state index in [0.29, 0.717) is 0 Å². The van der Waals surface area contributed by atoms with Gasteiger partial charge in [0, 0.05) is 38.0 Å². The molecule has 0 bridgehead atoms. The third-order valence-corrected chi connectivity index (χ3v) is 9.79. The van der Waals surface area contributed by atoms with Crippen LogP contribution in [0.3, 0.4) is 0 Å². The Hall–Kier alpha value is -4.60. The zero-order chi connectivity index (χ0) is 26.6. The molecule has 4 heterocycles. The average Bonchev–Trinajstić information content (AvgIpc) is 3.70. The van der Waals surface area contributed by atoms with Crippen LogP contribution in [0.15, 0.2) is 120 Å². The summed E-state index contributed by atoms with van der Waals surface area (Å²) in [5.74, 6) is 0. The minimum atomic E-state index is -0.00924. The zero-order valence-corrected chi connectivity index (χ0v) is 23.2. The Morgan fingerprint density at radius 1 is 0.525 bits per heavy atom. The van der Waals surface area contributed by atoms with E-state index in [1.54, 1.807) is 11.3 Å². The van der Waals surface area contributed by atoms with Crippen molar-refractivity contribution in [1.29, 1.82) is 0 Å². The fourth-order valence-electron chi connectivity index (χ4n) is 7.08. The Morgan fingerprint density at radius 2 is 1.18 bits per heavy atom. The molecule has 190 valence electrons. The highest BCUT2D eigenvalue weighted by atomic mass is 32.1. The monoisotopic (exact) mass is 530 g/mol. The Balaban J connectivity index is 1.22. The van der Waals surface area contributed by atoms with Crippen molar-refractivity contribution >= 4 is 54.9 Å². The van der Waals surface area contributed by atoms with Crippen molar-refractivity contribution in [2.75, 3.05) is 0 Å². The molecule has 3 heteroatoms. The van der Waals surface area contributed by atoms with Crippen LogP contribution in [0.2, 0.25) is 0 Å². The smallest absolute Gasteiger partial charge is 0.0610 e. The highest BCUT2D eigenvalue weighted by molar-refractivity contribution is 7.08. The second-order valence-electron chi connectivity index (χ2n) is 11.5. The molecule has 9 rings (SSSR count). The first-order valence-electron chi connectivity index (χ1n) is 13.8. The topological polar surface area (TPSA) is 9.86 Å². The maximum absolute atomic E-state index is 2.49. The zero-order valence-electron chi connectivity index (χ0n) is 22.3. The summed E-state index contributed by atoms with van der Waals surface area (Å²) in [6.45, 7) is 4.72. The molecule has 0 aliphatic carbocycles. The summed E-state index contributed by atoms with van der Waals surface area (Å²) >= 11 is 1.80. The summed E-state index contributed by atoms with van der Waals surface area (Å²) in [6, 6.07) is 40.2. The molecule has 0 fully saturated rings. The van der Waals surface area contributed by atoms with E-state index >= 15 is 0 Å². The Bertz CT molecular complexity index is 2240.